The van der Waals surface area contributed by atoms with E-state index >= 15 is 0 Å². The number of non-ortho nitro benzene ring substituents is 1. The number of nitro benzene ring substituents is 1. The predicted octanol–water partition coefficient (Wildman–Crippen LogP) is 3.61. The number of carbonyl (C=O) groups is 1. The van der Waals surface area contributed by atoms with Gasteiger partial charge in [0.05, 0.1) is 29.7 Å². The SMILES string of the molecule is COc1ccc2c(c1)CN(C(=O)c1ccc(S(=O)(=O)Nc3cc([N+](=O)[O-])ccc3OC)cc1)CC2. The van der Waals surface area contributed by atoms with Crippen molar-refractivity contribution in [3.8, 4) is 11.5 Å². The van der Waals surface area contributed by atoms with Gasteiger partial charge in [-0.15, -0.1) is 0 Å². The normalized spacial score (nSPS) is 13.0. The number of hydrogen-bond donors (Lipinski definition) is 1. The van der Waals surface area contributed by atoms with E-state index < -0.39 is 14.9 Å². The van der Waals surface area contributed by atoms with Crippen LogP contribution in [0.2, 0.25) is 0 Å². The average molecular weight is 498 g/mol. The van der Waals surface area contributed by atoms with Crippen LogP contribution in [0.25, 0.3) is 0 Å². The number of hydrogen-bond acceptors (Lipinski definition) is 7. The van der Waals surface area contributed by atoms with Crippen molar-refractivity contribution in [1.29, 1.82) is 0 Å². The van der Waals surface area contributed by atoms with Gasteiger partial charge in [-0.25, -0.2) is 8.42 Å². The van der Waals surface area contributed by atoms with Crippen molar-refractivity contribution in [3.63, 3.8) is 0 Å². The molecule has 0 aliphatic carbocycles. The summed E-state index contributed by atoms with van der Waals surface area (Å²) >= 11 is 0. The molecule has 0 bridgehead atoms. The van der Waals surface area contributed by atoms with Gasteiger partial charge in [0.25, 0.3) is 21.6 Å². The molecule has 3 aromatic rings. The van der Waals surface area contributed by atoms with Crippen LogP contribution in [0.15, 0.2) is 65.6 Å². The minimum Gasteiger partial charge on any atom is -0.497 e. The van der Waals surface area contributed by atoms with Crippen LogP contribution in [0.1, 0.15) is 21.5 Å². The minimum absolute atomic E-state index is 0.0655. The zero-order valence-electron chi connectivity index (χ0n) is 19.1. The van der Waals surface area contributed by atoms with Crippen LogP contribution in [0.5, 0.6) is 11.5 Å². The van der Waals surface area contributed by atoms with Crippen molar-refractivity contribution in [2.45, 2.75) is 17.9 Å². The van der Waals surface area contributed by atoms with E-state index in [2.05, 4.69) is 4.72 Å². The van der Waals surface area contributed by atoms with Crippen molar-refractivity contribution in [3.05, 3.63) is 87.5 Å². The van der Waals surface area contributed by atoms with Gasteiger partial charge in [0.1, 0.15) is 11.5 Å². The van der Waals surface area contributed by atoms with Gasteiger partial charge in [-0.3, -0.25) is 19.6 Å². The third-order valence-electron chi connectivity index (χ3n) is 5.76. The third kappa shape index (κ3) is 5.04. The van der Waals surface area contributed by atoms with E-state index in [4.69, 9.17) is 9.47 Å². The molecule has 1 aliphatic rings. The minimum atomic E-state index is -4.09. The Morgan fingerprint density at radius 3 is 2.40 bits per heavy atom. The lowest BCUT2D eigenvalue weighted by Gasteiger charge is -2.29. The van der Waals surface area contributed by atoms with Crippen molar-refractivity contribution in [2.24, 2.45) is 0 Å². The Kier molecular flexibility index (Phi) is 6.61. The first-order chi connectivity index (χ1) is 16.7. The summed E-state index contributed by atoms with van der Waals surface area (Å²) in [6.45, 7) is 0.978. The molecule has 11 heteroatoms. The Hall–Kier alpha value is -4.12. The Labute approximate surface area is 202 Å². The summed E-state index contributed by atoms with van der Waals surface area (Å²) in [5.74, 6) is 0.643. The Bertz CT molecular complexity index is 1390. The number of fused-ring (bicyclic) bond motifs is 1. The van der Waals surface area contributed by atoms with E-state index in [9.17, 15) is 23.3 Å². The number of nitrogens with zero attached hydrogens (tertiary/aromatic N) is 2. The molecule has 3 aromatic carbocycles. The quantitative estimate of drug-likeness (QED) is 0.390. The number of amides is 1. The lowest BCUT2D eigenvalue weighted by molar-refractivity contribution is -0.384. The number of nitro groups is 1. The fraction of sp³-hybridized carbons (Fsp3) is 0.208. The predicted molar refractivity (Wildman–Crippen MR) is 128 cm³/mol. The van der Waals surface area contributed by atoms with Gasteiger partial charge in [0, 0.05) is 30.8 Å². The highest BCUT2D eigenvalue weighted by Gasteiger charge is 2.24. The fourth-order valence-corrected chi connectivity index (χ4v) is 4.95. The number of ether oxygens (including phenoxy) is 2. The molecule has 0 aromatic heterocycles. The van der Waals surface area contributed by atoms with Crippen LogP contribution in [0.3, 0.4) is 0 Å². The Morgan fingerprint density at radius 1 is 1.00 bits per heavy atom. The maximum Gasteiger partial charge on any atom is 0.271 e. The molecule has 0 unspecified atom stereocenters. The van der Waals surface area contributed by atoms with Crippen molar-refractivity contribution in [2.75, 3.05) is 25.5 Å². The van der Waals surface area contributed by atoms with E-state index in [-0.39, 0.29) is 27.9 Å². The van der Waals surface area contributed by atoms with E-state index in [1.807, 2.05) is 18.2 Å². The number of carbonyl (C=O) groups excluding carboxylic acids is 1. The van der Waals surface area contributed by atoms with Crippen LogP contribution in [0.4, 0.5) is 11.4 Å². The molecule has 0 saturated carbocycles. The summed E-state index contributed by atoms with van der Waals surface area (Å²) in [6, 6.07) is 14.9. The summed E-state index contributed by atoms with van der Waals surface area (Å²) in [5.41, 5.74) is 2.18. The lowest BCUT2D eigenvalue weighted by Crippen LogP contribution is -2.36. The number of benzene rings is 3. The molecule has 182 valence electrons. The van der Waals surface area contributed by atoms with Gasteiger partial charge in [-0.05, 0) is 60.0 Å². The number of methoxy groups -OCH3 is 2. The van der Waals surface area contributed by atoms with E-state index in [1.54, 1.807) is 12.0 Å². The first kappa shape index (κ1) is 24.0. The molecule has 1 amide bonds. The molecule has 10 nitrogen and oxygen atoms in total. The molecule has 0 saturated heterocycles. The maximum atomic E-state index is 13.1. The van der Waals surface area contributed by atoms with Crippen LogP contribution in [0, 0.1) is 10.1 Å². The standard InChI is InChI=1S/C24H23N3O7S/c1-33-20-7-3-16-11-12-26(15-18(16)13-20)24(28)17-4-8-21(9-5-17)35(31,32)25-22-14-19(27(29)30)6-10-23(22)34-2/h3-10,13-14,25H,11-12,15H2,1-2H3. The summed E-state index contributed by atoms with van der Waals surface area (Å²) in [6.07, 6.45) is 0.715. The van der Waals surface area contributed by atoms with Gasteiger partial charge in [0.15, 0.2) is 0 Å². The van der Waals surface area contributed by atoms with Crippen molar-refractivity contribution < 1.29 is 27.6 Å². The lowest BCUT2D eigenvalue weighted by atomic mass is 9.99. The third-order valence-corrected chi connectivity index (χ3v) is 7.14. The van der Waals surface area contributed by atoms with Crippen LogP contribution in [-0.4, -0.2) is 44.9 Å². The molecule has 1 aliphatic heterocycles. The summed E-state index contributed by atoms with van der Waals surface area (Å²) in [5, 5.41) is 11.1. The van der Waals surface area contributed by atoms with Gasteiger partial charge in [-0.2, -0.15) is 0 Å². The monoisotopic (exact) mass is 497 g/mol. The second kappa shape index (κ2) is 9.63. The molecule has 35 heavy (non-hydrogen) atoms. The van der Waals surface area contributed by atoms with E-state index in [0.717, 1.165) is 17.4 Å². The highest BCUT2D eigenvalue weighted by atomic mass is 32.2. The van der Waals surface area contributed by atoms with Crippen LogP contribution >= 0.6 is 0 Å². The average Bonchev–Trinajstić information content (AvgIpc) is 2.87. The van der Waals surface area contributed by atoms with Gasteiger partial charge in [0.2, 0.25) is 0 Å². The van der Waals surface area contributed by atoms with Gasteiger partial charge < -0.3 is 14.4 Å². The zero-order valence-corrected chi connectivity index (χ0v) is 19.9. The van der Waals surface area contributed by atoms with Crippen molar-refractivity contribution >= 4 is 27.3 Å². The number of rotatable bonds is 7. The Morgan fingerprint density at radius 2 is 1.74 bits per heavy atom. The molecule has 0 atom stereocenters. The fourth-order valence-electron chi connectivity index (χ4n) is 3.89. The highest BCUT2D eigenvalue weighted by Crippen LogP contribution is 2.31. The zero-order chi connectivity index (χ0) is 25.2. The van der Waals surface area contributed by atoms with Gasteiger partial charge >= 0.3 is 0 Å². The molecule has 0 fully saturated rings. The summed E-state index contributed by atoms with van der Waals surface area (Å²) in [4.78, 5) is 25.1. The first-order valence-electron chi connectivity index (χ1n) is 10.6. The molecule has 0 spiro atoms. The van der Waals surface area contributed by atoms with Crippen LogP contribution < -0.4 is 14.2 Å². The Balaban J connectivity index is 1.52. The smallest absolute Gasteiger partial charge is 0.271 e. The second-order valence-electron chi connectivity index (χ2n) is 7.88. The first-order valence-corrected chi connectivity index (χ1v) is 12.1. The molecular formula is C24H23N3O7S. The number of nitrogens with one attached hydrogen (secondary N) is 1. The molecule has 1 heterocycles. The topological polar surface area (TPSA) is 128 Å². The molecule has 1 N–H and O–H groups in total. The summed E-state index contributed by atoms with van der Waals surface area (Å²) < 4.78 is 38.5. The highest BCUT2D eigenvalue weighted by molar-refractivity contribution is 7.92. The number of sulfonamides is 1. The largest absolute Gasteiger partial charge is 0.497 e. The maximum absolute atomic E-state index is 13.1. The van der Waals surface area contributed by atoms with E-state index in [1.165, 1.54) is 49.1 Å². The van der Waals surface area contributed by atoms with Crippen molar-refractivity contribution in [1.82, 2.24) is 4.90 Å². The molecule has 4 rings (SSSR count). The van der Waals surface area contributed by atoms with E-state index in [0.29, 0.717) is 25.1 Å². The second-order valence-corrected chi connectivity index (χ2v) is 9.57. The van der Waals surface area contributed by atoms with Crippen LogP contribution in [-0.2, 0) is 23.0 Å². The molecular weight excluding hydrogens is 474 g/mol. The number of anilines is 1. The molecule has 0 radical (unpaired) electrons. The summed E-state index contributed by atoms with van der Waals surface area (Å²) in [7, 11) is -1.18. The van der Waals surface area contributed by atoms with Gasteiger partial charge in [-0.1, -0.05) is 6.07 Å².